The molecule has 10 heteroatoms. The third kappa shape index (κ3) is 4.28. The van der Waals surface area contributed by atoms with E-state index in [-0.39, 0.29) is 18.0 Å². The lowest BCUT2D eigenvalue weighted by atomic mass is 10.2. The van der Waals surface area contributed by atoms with Gasteiger partial charge in [0.1, 0.15) is 32.7 Å². The zero-order valence-electron chi connectivity index (χ0n) is 19.2. The highest BCUT2D eigenvalue weighted by Crippen LogP contribution is 2.34. The molecule has 172 valence electrons. The highest BCUT2D eigenvalue weighted by molar-refractivity contribution is 5.96. The van der Waals surface area contributed by atoms with Crippen LogP contribution in [0.1, 0.15) is 5.69 Å². The summed E-state index contributed by atoms with van der Waals surface area (Å²) in [4.78, 5) is 32.3. The zero-order valence-corrected chi connectivity index (χ0v) is 19.2. The maximum Gasteiger partial charge on any atom is 0.273 e. The third-order valence-corrected chi connectivity index (χ3v) is 6.25. The van der Waals surface area contributed by atoms with Crippen molar-refractivity contribution in [3.05, 3.63) is 34.2 Å². The smallest absolute Gasteiger partial charge is 0.273 e. The molecule has 1 saturated heterocycles. The molecule has 0 bridgehead atoms. The van der Waals surface area contributed by atoms with Gasteiger partial charge in [-0.1, -0.05) is 0 Å². The Balaban J connectivity index is 1.61. The van der Waals surface area contributed by atoms with Crippen molar-refractivity contribution < 1.29 is 24.1 Å². The van der Waals surface area contributed by atoms with Crippen LogP contribution < -0.4 is 30.1 Å². The van der Waals surface area contributed by atoms with Crippen LogP contribution in [0.3, 0.4) is 0 Å². The van der Waals surface area contributed by atoms with E-state index in [0.29, 0.717) is 29.4 Å². The molecule has 32 heavy (non-hydrogen) atoms. The van der Waals surface area contributed by atoms with Crippen molar-refractivity contribution in [1.82, 2.24) is 19.5 Å². The van der Waals surface area contributed by atoms with Crippen molar-refractivity contribution in [3.8, 4) is 11.5 Å². The molecule has 1 aliphatic rings. The lowest BCUT2D eigenvalue weighted by Gasteiger charge is -2.27. The summed E-state index contributed by atoms with van der Waals surface area (Å²) >= 11 is 0. The van der Waals surface area contributed by atoms with Crippen LogP contribution in [0.2, 0.25) is 0 Å². The van der Waals surface area contributed by atoms with Crippen molar-refractivity contribution in [2.45, 2.75) is 13.5 Å². The Morgan fingerprint density at radius 3 is 2.50 bits per heavy atom. The minimum atomic E-state index is -0.322. The van der Waals surface area contributed by atoms with Crippen molar-refractivity contribution in [3.63, 3.8) is 0 Å². The van der Waals surface area contributed by atoms with Gasteiger partial charge in [0.25, 0.3) is 5.56 Å². The number of nitrogens with one attached hydrogen (secondary N) is 3. The second kappa shape index (κ2) is 9.17. The molecule has 0 saturated carbocycles. The molecule has 3 N–H and O–H groups in total. The number of hydrogen-bond donors (Lipinski definition) is 3. The number of amides is 1. The van der Waals surface area contributed by atoms with Gasteiger partial charge in [-0.2, -0.15) is 4.98 Å². The number of hydrogen-bond acceptors (Lipinski definition) is 5. The van der Waals surface area contributed by atoms with Gasteiger partial charge < -0.3 is 24.6 Å². The Morgan fingerprint density at radius 2 is 1.81 bits per heavy atom. The van der Waals surface area contributed by atoms with Crippen LogP contribution in [0, 0.1) is 6.92 Å². The number of nitrogens with zero attached hydrogens (tertiary/aromatic N) is 3. The molecule has 4 rings (SSSR count). The van der Waals surface area contributed by atoms with Crippen LogP contribution in [0.5, 0.6) is 11.5 Å². The number of ether oxygens (including phenoxy) is 2. The summed E-state index contributed by atoms with van der Waals surface area (Å²) in [5.74, 6) is 0.999. The summed E-state index contributed by atoms with van der Waals surface area (Å²) in [7, 11) is 5.35. The van der Waals surface area contributed by atoms with Crippen LogP contribution >= 0.6 is 0 Å². The number of quaternary nitrogens is 2. The lowest BCUT2D eigenvalue weighted by molar-refractivity contribution is -1.00. The fourth-order valence-electron chi connectivity index (χ4n) is 4.45. The monoisotopic (exact) mass is 444 g/mol. The first kappa shape index (κ1) is 22.1. The fourth-order valence-corrected chi connectivity index (χ4v) is 4.45. The SMILES string of the molecule is COc1cc2c(cc1OC)n(CC(=O)NCC[NH+]1CC[NH+](C)CC1)n1c(C)cc(=O)nc21. The van der Waals surface area contributed by atoms with E-state index >= 15 is 0 Å². The molecular weight excluding hydrogens is 412 g/mol. The van der Waals surface area contributed by atoms with Gasteiger partial charge in [0.2, 0.25) is 5.91 Å². The summed E-state index contributed by atoms with van der Waals surface area (Å²) in [6, 6.07) is 5.08. The molecule has 0 aliphatic carbocycles. The molecule has 2 aromatic heterocycles. The number of fused-ring (bicyclic) bond motifs is 3. The van der Waals surface area contributed by atoms with Crippen LogP contribution in [-0.4, -0.2) is 80.6 Å². The van der Waals surface area contributed by atoms with E-state index in [0.717, 1.165) is 30.5 Å². The molecule has 0 atom stereocenters. The van der Waals surface area contributed by atoms with Crippen molar-refractivity contribution >= 4 is 22.5 Å². The van der Waals surface area contributed by atoms with Crippen LogP contribution in [0.4, 0.5) is 0 Å². The second-order valence-corrected chi connectivity index (χ2v) is 8.46. The first-order valence-corrected chi connectivity index (χ1v) is 11.0. The quantitative estimate of drug-likeness (QED) is 0.375. The molecule has 0 radical (unpaired) electrons. The Morgan fingerprint density at radius 1 is 1.12 bits per heavy atom. The number of piperazine rings is 1. The number of methoxy groups -OCH3 is 2. The molecular formula is C22H32N6O4+2. The zero-order chi connectivity index (χ0) is 22.8. The van der Waals surface area contributed by atoms with E-state index in [2.05, 4.69) is 17.3 Å². The van der Waals surface area contributed by atoms with Gasteiger partial charge in [0.15, 0.2) is 17.1 Å². The Hall–Kier alpha value is -3.11. The fraction of sp³-hybridized carbons (Fsp3) is 0.500. The van der Waals surface area contributed by atoms with Crippen LogP contribution in [0.15, 0.2) is 23.0 Å². The number of aromatic nitrogens is 3. The first-order chi connectivity index (χ1) is 15.4. The minimum Gasteiger partial charge on any atom is -0.493 e. The normalized spacial score (nSPS) is 18.8. The maximum absolute atomic E-state index is 12.9. The van der Waals surface area contributed by atoms with Gasteiger partial charge in [-0.25, -0.2) is 4.52 Å². The van der Waals surface area contributed by atoms with E-state index in [1.807, 2.05) is 17.7 Å². The predicted molar refractivity (Wildman–Crippen MR) is 120 cm³/mol. The molecule has 1 amide bonds. The molecule has 3 heterocycles. The molecule has 1 aliphatic heterocycles. The number of benzene rings is 1. The lowest BCUT2D eigenvalue weighted by Crippen LogP contribution is -3.27. The van der Waals surface area contributed by atoms with Gasteiger partial charge in [-0.15, -0.1) is 0 Å². The first-order valence-electron chi connectivity index (χ1n) is 11.0. The number of rotatable bonds is 7. The van der Waals surface area contributed by atoms with E-state index in [1.165, 1.54) is 24.1 Å². The largest absolute Gasteiger partial charge is 0.493 e. The Labute approximate surface area is 186 Å². The number of carbonyl (C=O) groups is 1. The van der Waals surface area contributed by atoms with E-state index < -0.39 is 0 Å². The topological polar surface area (TPSA) is 95.7 Å². The Bertz CT molecular complexity index is 1190. The van der Waals surface area contributed by atoms with Crippen molar-refractivity contribution in [2.24, 2.45) is 0 Å². The second-order valence-electron chi connectivity index (χ2n) is 8.46. The summed E-state index contributed by atoms with van der Waals surface area (Å²) in [6.07, 6.45) is 0. The highest BCUT2D eigenvalue weighted by atomic mass is 16.5. The summed E-state index contributed by atoms with van der Waals surface area (Å²) in [6.45, 7) is 8.09. The summed E-state index contributed by atoms with van der Waals surface area (Å²) in [5, 5.41) is 3.77. The molecule has 3 aromatic rings. The molecule has 0 unspecified atom stereocenters. The summed E-state index contributed by atoms with van der Waals surface area (Å²) < 4.78 is 14.5. The van der Waals surface area contributed by atoms with Crippen molar-refractivity contribution in [1.29, 1.82) is 0 Å². The minimum absolute atomic E-state index is 0.0872. The molecule has 10 nitrogen and oxygen atoms in total. The van der Waals surface area contributed by atoms with Crippen LogP contribution in [-0.2, 0) is 11.3 Å². The number of aryl methyl sites for hydroxylation is 1. The Kier molecular flexibility index (Phi) is 6.33. The molecule has 1 fully saturated rings. The average molecular weight is 445 g/mol. The van der Waals surface area contributed by atoms with Gasteiger partial charge in [0.05, 0.1) is 39.9 Å². The van der Waals surface area contributed by atoms with Gasteiger partial charge in [0, 0.05) is 23.2 Å². The molecule has 1 aromatic carbocycles. The number of likely N-dealkylation sites (N-methyl/N-ethyl adjacent to an activating group) is 1. The van der Waals surface area contributed by atoms with Crippen molar-refractivity contribution in [2.75, 3.05) is 60.5 Å². The third-order valence-electron chi connectivity index (χ3n) is 6.25. The van der Waals surface area contributed by atoms with Crippen LogP contribution in [0.25, 0.3) is 16.6 Å². The standard InChI is InChI=1S/C22H30N6O4/c1-15-11-20(29)24-22-16-12-18(31-3)19(32-4)13-17(16)27(28(15)22)14-21(30)23-5-6-26-9-7-25(2)8-10-26/h11-13H,5-10,14H2,1-4H3,(H,23,30)/p+2. The van der Waals surface area contributed by atoms with Gasteiger partial charge in [-0.3, -0.25) is 14.3 Å². The van der Waals surface area contributed by atoms with E-state index in [4.69, 9.17) is 9.47 Å². The highest BCUT2D eigenvalue weighted by Gasteiger charge is 2.21. The van der Waals surface area contributed by atoms with E-state index in [9.17, 15) is 9.59 Å². The molecule has 0 spiro atoms. The number of carbonyl (C=O) groups excluding carboxylic acids is 1. The maximum atomic E-state index is 12.9. The summed E-state index contributed by atoms with van der Waals surface area (Å²) in [5.41, 5.74) is 1.61. The predicted octanol–water partition coefficient (Wildman–Crippen LogP) is -2.50. The van der Waals surface area contributed by atoms with E-state index in [1.54, 1.807) is 29.7 Å². The average Bonchev–Trinajstić information content (AvgIpc) is 3.06. The van der Waals surface area contributed by atoms with Gasteiger partial charge in [-0.05, 0) is 13.0 Å². The van der Waals surface area contributed by atoms with Gasteiger partial charge >= 0.3 is 0 Å².